The van der Waals surface area contributed by atoms with Crippen molar-refractivity contribution in [3.8, 4) is 0 Å². The minimum Gasteiger partial charge on any atom is -0.366 e. The molecule has 2 N–H and O–H groups in total. The highest BCUT2D eigenvalue weighted by atomic mass is 35.5. The van der Waals surface area contributed by atoms with Gasteiger partial charge in [0.2, 0.25) is 0 Å². The Morgan fingerprint density at radius 2 is 2.05 bits per heavy atom. The van der Waals surface area contributed by atoms with Crippen LogP contribution < -0.4 is 10.6 Å². The summed E-state index contributed by atoms with van der Waals surface area (Å²) in [5, 5.41) is 7.08. The van der Waals surface area contributed by atoms with Crippen LogP contribution in [0.25, 0.3) is 0 Å². The van der Waals surface area contributed by atoms with Crippen molar-refractivity contribution in [2.24, 2.45) is 0 Å². The Morgan fingerprint density at radius 3 is 2.79 bits per heavy atom. The van der Waals surface area contributed by atoms with Crippen LogP contribution in [0.1, 0.15) is 5.56 Å². The molecule has 0 saturated carbocycles. The van der Waals surface area contributed by atoms with E-state index < -0.39 is 0 Å². The van der Waals surface area contributed by atoms with Crippen LogP contribution in [0.2, 0.25) is 5.02 Å². The summed E-state index contributed by atoms with van der Waals surface area (Å²) in [6, 6.07) is 7.52. The van der Waals surface area contributed by atoms with Crippen molar-refractivity contribution in [3.63, 3.8) is 0 Å². The van der Waals surface area contributed by atoms with Crippen LogP contribution in [0.4, 0.5) is 17.3 Å². The number of nitrogens with zero attached hydrogens (tertiary/aromatic N) is 2. The van der Waals surface area contributed by atoms with Gasteiger partial charge in [0.15, 0.2) is 0 Å². The van der Waals surface area contributed by atoms with E-state index >= 15 is 0 Å². The van der Waals surface area contributed by atoms with Gasteiger partial charge in [-0.2, -0.15) is 0 Å². The number of benzene rings is 1. The second-order valence-electron chi connectivity index (χ2n) is 4.04. The molecule has 0 unspecified atom stereocenters. The fourth-order valence-corrected chi connectivity index (χ4v) is 1.83. The first-order valence-corrected chi connectivity index (χ1v) is 6.27. The predicted molar refractivity (Wildman–Crippen MR) is 80.2 cm³/mol. The molecule has 98 valence electrons. The van der Waals surface area contributed by atoms with Gasteiger partial charge in [-0.15, -0.1) is 6.58 Å². The molecule has 0 atom stereocenters. The zero-order valence-corrected chi connectivity index (χ0v) is 11.4. The van der Waals surface area contributed by atoms with Crippen LogP contribution >= 0.6 is 11.6 Å². The van der Waals surface area contributed by atoms with Crippen molar-refractivity contribution < 1.29 is 0 Å². The quantitative estimate of drug-likeness (QED) is 0.815. The maximum atomic E-state index is 5.93. The van der Waals surface area contributed by atoms with E-state index in [1.54, 1.807) is 6.08 Å². The molecular formula is C14H15ClN4. The number of aryl methyl sites for hydroxylation is 1. The molecule has 1 heterocycles. The molecule has 1 aromatic carbocycles. The molecule has 5 heteroatoms. The summed E-state index contributed by atoms with van der Waals surface area (Å²) < 4.78 is 0. The second kappa shape index (κ2) is 6.20. The van der Waals surface area contributed by atoms with Gasteiger partial charge >= 0.3 is 0 Å². The Labute approximate surface area is 117 Å². The topological polar surface area (TPSA) is 49.8 Å². The van der Waals surface area contributed by atoms with Gasteiger partial charge in [-0.1, -0.05) is 17.7 Å². The van der Waals surface area contributed by atoms with Crippen molar-refractivity contribution in [2.45, 2.75) is 6.92 Å². The van der Waals surface area contributed by atoms with E-state index in [0.29, 0.717) is 6.54 Å². The highest BCUT2D eigenvalue weighted by Crippen LogP contribution is 2.23. The number of aromatic nitrogens is 2. The smallest absolute Gasteiger partial charge is 0.135 e. The van der Waals surface area contributed by atoms with E-state index in [-0.39, 0.29) is 0 Å². The number of rotatable bonds is 5. The Balaban J connectivity index is 2.16. The van der Waals surface area contributed by atoms with Gasteiger partial charge < -0.3 is 10.6 Å². The molecule has 2 rings (SSSR count). The molecule has 0 aliphatic heterocycles. The first-order valence-electron chi connectivity index (χ1n) is 5.89. The molecule has 0 amide bonds. The summed E-state index contributed by atoms with van der Waals surface area (Å²) >= 11 is 5.93. The number of hydrogen-bond acceptors (Lipinski definition) is 4. The normalized spacial score (nSPS) is 10.0. The Morgan fingerprint density at radius 1 is 1.26 bits per heavy atom. The molecule has 0 bridgehead atoms. The lowest BCUT2D eigenvalue weighted by molar-refractivity contribution is 1.14. The number of hydrogen-bond donors (Lipinski definition) is 2. The molecular weight excluding hydrogens is 260 g/mol. The highest BCUT2D eigenvalue weighted by Gasteiger charge is 2.02. The molecule has 2 aromatic rings. The third kappa shape index (κ3) is 3.69. The third-order valence-electron chi connectivity index (χ3n) is 2.55. The van der Waals surface area contributed by atoms with Gasteiger partial charge in [-0.25, -0.2) is 9.97 Å². The lowest BCUT2D eigenvalue weighted by Crippen LogP contribution is -2.02. The summed E-state index contributed by atoms with van der Waals surface area (Å²) in [6.07, 6.45) is 3.29. The van der Waals surface area contributed by atoms with Crippen molar-refractivity contribution in [1.29, 1.82) is 0 Å². The van der Waals surface area contributed by atoms with Gasteiger partial charge in [0.05, 0.1) is 0 Å². The van der Waals surface area contributed by atoms with Crippen LogP contribution in [-0.4, -0.2) is 16.5 Å². The molecule has 0 spiro atoms. The van der Waals surface area contributed by atoms with Crippen LogP contribution in [0.5, 0.6) is 0 Å². The Hall–Kier alpha value is -2.07. The SMILES string of the molecule is C=CCNc1cc(Nc2ccc(Cl)cc2C)ncn1. The zero-order chi connectivity index (χ0) is 13.7. The van der Waals surface area contributed by atoms with Gasteiger partial charge in [0, 0.05) is 23.3 Å². The van der Waals surface area contributed by atoms with Crippen LogP contribution in [0.3, 0.4) is 0 Å². The van der Waals surface area contributed by atoms with E-state index in [0.717, 1.165) is 27.9 Å². The first kappa shape index (κ1) is 13.4. The van der Waals surface area contributed by atoms with Gasteiger partial charge in [0.1, 0.15) is 18.0 Å². The number of anilines is 3. The molecule has 19 heavy (non-hydrogen) atoms. The largest absolute Gasteiger partial charge is 0.366 e. The summed E-state index contributed by atoms with van der Waals surface area (Å²) in [5.41, 5.74) is 2.03. The number of nitrogens with one attached hydrogen (secondary N) is 2. The molecule has 0 aliphatic carbocycles. The molecule has 1 aromatic heterocycles. The van der Waals surface area contributed by atoms with Crippen LogP contribution in [0.15, 0.2) is 43.2 Å². The predicted octanol–water partition coefficient (Wildman–Crippen LogP) is 3.78. The molecule has 0 saturated heterocycles. The third-order valence-corrected chi connectivity index (χ3v) is 2.78. The van der Waals surface area contributed by atoms with Gasteiger partial charge in [-0.3, -0.25) is 0 Å². The van der Waals surface area contributed by atoms with Gasteiger partial charge in [-0.05, 0) is 30.7 Å². The van der Waals surface area contributed by atoms with Crippen LogP contribution in [-0.2, 0) is 0 Å². The minimum atomic E-state index is 0.663. The number of halogens is 1. The Bertz CT molecular complexity index is 583. The summed E-state index contributed by atoms with van der Waals surface area (Å²) in [4.78, 5) is 8.31. The van der Waals surface area contributed by atoms with E-state index in [9.17, 15) is 0 Å². The van der Waals surface area contributed by atoms with Crippen molar-refractivity contribution in [1.82, 2.24) is 9.97 Å². The standard InChI is InChI=1S/C14H15ClN4/c1-3-6-16-13-8-14(18-9-17-13)19-12-5-4-11(15)7-10(12)2/h3-5,7-9H,1,6H2,2H3,(H2,16,17,18,19). The maximum absolute atomic E-state index is 5.93. The van der Waals surface area contributed by atoms with E-state index in [4.69, 9.17) is 11.6 Å². The monoisotopic (exact) mass is 274 g/mol. The fraction of sp³-hybridized carbons (Fsp3) is 0.143. The summed E-state index contributed by atoms with van der Waals surface area (Å²) in [6.45, 7) is 6.31. The Kier molecular flexibility index (Phi) is 4.36. The van der Waals surface area contributed by atoms with Crippen molar-refractivity contribution >= 4 is 28.9 Å². The fourth-order valence-electron chi connectivity index (χ4n) is 1.60. The second-order valence-corrected chi connectivity index (χ2v) is 4.48. The summed E-state index contributed by atoms with van der Waals surface area (Å²) in [5.74, 6) is 1.48. The average Bonchev–Trinajstić information content (AvgIpc) is 2.40. The van der Waals surface area contributed by atoms with Gasteiger partial charge in [0.25, 0.3) is 0 Å². The first-order chi connectivity index (χ1) is 9.19. The molecule has 0 aliphatic rings. The van der Waals surface area contributed by atoms with Crippen molar-refractivity contribution in [2.75, 3.05) is 17.2 Å². The lowest BCUT2D eigenvalue weighted by atomic mass is 10.2. The average molecular weight is 275 g/mol. The maximum Gasteiger partial charge on any atom is 0.135 e. The van der Waals surface area contributed by atoms with Crippen LogP contribution in [0, 0.1) is 6.92 Å². The van der Waals surface area contributed by atoms with E-state index in [1.807, 2.05) is 31.2 Å². The lowest BCUT2D eigenvalue weighted by Gasteiger charge is -2.10. The zero-order valence-electron chi connectivity index (χ0n) is 10.7. The molecule has 0 radical (unpaired) electrons. The molecule has 4 nitrogen and oxygen atoms in total. The minimum absolute atomic E-state index is 0.663. The van der Waals surface area contributed by atoms with Crippen molar-refractivity contribution in [3.05, 3.63) is 53.8 Å². The van der Waals surface area contributed by atoms with E-state index in [1.165, 1.54) is 6.33 Å². The van der Waals surface area contributed by atoms with E-state index in [2.05, 4.69) is 27.2 Å². The highest BCUT2D eigenvalue weighted by molar-refractivity contribution is 6.30. The molecule has 0 fully saturated rings. The summed E-state index contributed by atoms with van der Waals surface area (Å²) in [7, 11) is 0.